The SMILES string of the molecule is Cc1cccc(C)c1NCc1ccc2ccccc2n1. The summed E-state index contributed by atoms with van der Waals surface area (Å²) >= 11 is 0. The van der Waals surface area contributed by atoms with E-state index in [0.29, 0.717) is 0 Å². The monoisotopic (exact) mass is 262 g/mol. The zero-order valence-electron chi connectivity index (χ0n) is 11.9. The van der Waals surface area contributed by atoms with Crippen molar-refractivity contribution in [3.8, 4) is 0 Å². The van der Waals surface area contributed by atoms with Gasteiger partial charge in [0.1, 0.15) is 0 Å². The van der Waals surface area contributed by atoms with Crippen LogP contribution in [0.3, 0.4) is 0 Å². The summed E-state index contributed by atoms with van der Waals surface area (Å²) in [6, 6.07) is 18.8. The van der Waals surface area contributed by atoms with Crippen molar-refractivity contribution in [1.29, 1.82) is 0 Å². The molecule has 1 heterocycles. The molecule has 0 spiro atoms. The first kappa shape index (κ1) is 12.7. The number of aromatic nitrogens is 1. The van der Waals surface area contributed by atoms with E-state index in [9.17, 15) is 0 Å². The fourth-order valence-corrected chi connectivity index (χ4v) is 2.48. The summed E-state index contributed by atoms with van der Waals surface area (Å²) in [5.41, 5.74) is 5.86. The van der Waals surface area contributed by atoms with Crippen LogP contribution in [0.15, 0.2) is 54.6 Å². The summed E-state index contributed by atoms with van der Waals surface area (Å²) in [4.78, 5) is 4.69. The smallest absolute Gasteiger partial charge is 0.0706 e. The first-order valence-electron chi connectivity index (χ1n) is 6.89. The Morgan fingerprint density at radius 1 is 0.850 bits per heavy atom. The van der Waals surface area contributed by atoms with Crippen LogP contribution in [-0.4, -0.2) is 4.98 Å². The van der Waals surface area contributed by atoms with Crippen molar-refractivity contribution in [2.75, 3.05) is 5.32 Å². The van der Waals surface area contributed by atoms with Crippen LogP contribution in [-0.2, 0) is 6.54 Å². The van der Waals surface area contributed by atoms with Crippen molar-refractivity contribution >= 4 is 16.6 Å². The molecule has 0 radical (unpaired) electrons. The average Bonchev–Trinajstić information content (AvgIpc) is 2.46. The van der Waals surface area contributed by atoms with Gasteiger partial charge in [-0.3, -0.25) is 4.98 Å². The molecule has 1 N–H and O–H groups in total. The molecule has 0 saturated carbocycles. The number of para-hydroxylation sites is 2. The van der Waals surface area contributed by atoms with Gasteiger partial charge in [0.25, 0.3) is 0 Å². The highest BCUT2D eigenvalue weighted by Crippen LogP contribution is 2.20. The maximum atomic E-state index is 4.69. The van der Waals surface area contributed by atoms with E-state index in [4.69, 9.17) is 0 Å². The van der Waals surface area contributed by atoms with Crippen LogP contribution in [0.2, 0.25) is 0 Å². The van der Waals surface area contributed by atoms with Gasteiger partial charge in [-0.2, -0.15) is 0 Å². The van der Waals surface area contributed by atoms with Gasteiger partial charge in [0.05, 0.1) is 17.8 Å². The van der Waals surface area contributed by atoms with E-state index in [1.807, 2.05) is 12.1 Å². The lowest BCUT2D eigenvalue weighted by Crippen LogP contribution is -2.04. The Kier molecular flexibility index (Phi) is 3.38. The van der Waals surface area contributed by atoms with E-state index >= 15 is 0 Å². The van der Waals surface area contributed by atoms with E-state index in [-0.39, 0.29) is 0 Å². The van der Waals surface area contributed by atoms with E-state index < -0.39 is 0 Å². The van der Waals surface area contributed by atoms with Gasteiger partial charge in [-0.1, -0.05) is 42.5 Å². The van der Waals surface area contributed by atoms with E-state index in [2.05, 4.69) is 66.6 Å². The average molecular weight is 262 g/mol. The Morgan fingerprint density at radius 2 is 1.60 bits per heavy atom. The molecule has 0 unspecified atom stereocenters. The largest absolute Gasteiger partial charge is 0.379 e. The Bertz CT molecular complexity index is 727. The van der Waals surface area contributed by atoms with Gasteiger partial charge >= 0.3 is 0 Å². The lowest BCUT2D eigenvalue weighted by Gasteiger charge is -2.12. The highest BCUT2D eigenvalue weighted by atomic mass is 14.9. The van der Waals surface area contributed by atoms with Crippen LogP contribution < -0.4 is 5.32 Å². The summed E-state index contributed by atoms with van der Waals surface area (Å²) < 4.78 is 0. The summed E-state index contributed by atoms with van der Waals surface area (Å²) in [6.07, 6.45) is 0. The second kappa shape index (κ2) is 5.33. The van der Waals surface area contributed by atoms with Crippen molar-refractivity contribution in [3.05, 3.63) is 71.4 Å². The molecular weight excluding hydrogens is 244 g/mol. The Hall–Kier alpha value is -2.35. The molecule has 1 aromatic heterocycles. The molecule has 2 nitrogen and oxygen atoms in total. The molecule has 3 aromatic rings. The Labute approximate surface area is 119 Å². The lowest BCUT2D eigenvalue weighted by atomic mass is 10.1. The summed E-state index contributed by atoms with van der Waals surface area (Å²) in [7, 11) is 0. The fraction of sp³-hybridized carbons (Fsp3) is 0.167. The standard InChI is InChI=1S/C18H18N2/c1-13-6-5-7-14(2)18(13)19-12-16-11-10-15-8-3-4-9-17(15)20-16/h3-11,19H,12H2,1-2H3. The van der Waals surface area contributed by atoms with Crippen LogP contribution in [0.25, 0.3) is 10.9 Å². The molecular formula is C18H18N2. The van der Waals surface area contributed by atoms with Crippen molar-refractivity contribution in [1.82, 2.24) is 4.98 Å². The number of fused-ring (bicyclic) bond motifs is 1. The summed E-state index contributed by atoms with van der Waals surface area (Å²) in [5.74, 6) is 0. The number of nitrogens with one attached hydrogen (secondary N) is 1. The molecule has 3 rings (SSSR count). The van der Waals surface area contributed by atoms with Crippen LogP contribution in [0, 0.1) is 13.8 Å². The molecule has 2 aromatic carbocycles. The molecule has 0 bridgehead atoms. The van der Waals surface area contributed by atoms with Crippen LogP contribution >= 0.6 is 0 Å². The summed E-state index contributed by atoms with van der Waals surface area (Å²) in [6.45, 7) is 5.00. The maximum absolute atomic E-state index is 4.69. The molecule has 0 aliphatic carbocycles. The molecule has 0 atom stereocenters. The molecule has 0 aliphatic rings. The van der Waals surface area contributed by atoms with Crippen molar-refractivity contribution in [2.24, 2.45) is 0 Å². The van der Waals surface area contributed by atoms with Gasteiger partial charge in [-0.15, -0.1) is 0 Å². The molecule has 20 heavy (non-hydrogen) atoms. The third-order valence-electron chi connectivity index (χ3n) is 3.58. The number of anilines is 1. The molecule has 100 valence electrons. The molecule has 0 saturated heterocycles. The zero-order valence-corrected chi connectivity index (χ0v) is 11.9. The number of aryl methyl sites for hydroxylation is 2. The van der Waals surface area contributed by atoms with Crippen LogP contribution in [0.5, 0.6) is 0 Å². The second-order valence-corrected chi connectivity index (χ2v) is 5.12. The fourth-order valence-electron chi connectivity index (χ4n) is 2.48. The molecule has 0 fully saturated rings. The third-order valence-corrected chi connectivity index (χ3v) is 3.58. The third kappa shape index (κ3) is 2.50. The summed E-state index contributed by atoms with van der Waals surface area (Å²) in [5, 5.41) is 4.68. The molecule has 0 aliphatic heterocycles. The minimum absolute atomic E-state index is 0.747. The normalized spacial score (nSPS) is 10.7. The zero-order chi connectivity index (χ0) is 13.9. The van der Waals surface area contributed by atoms with Crippen LogP contribution in [0.4, 0.5) is 5.69 Å². The Morgan fingerprint density at radius 3 is 2.40 bits per heavy atom. The van der Waals surface area contributed by atoms with E-state index in [1.165, 1.54) is 22.2 Å². The van der Waals surface area contributed by atoms with Gasteiger partial charge in [-0.25, -0.2) is 0 Å². The van der Waals surface area contributed by atoms with Gasteiger partial charge < -0.3 is 5.32 Å². The topological polar surface area (TPSA) is 24.9 Å². The lowest BCUT2D eigenvalue weighted by molar-refractivity contribution is 1.06. The Balaban J connectivity index is 1.83. The maximum Gasteiger partial charge on any atom is 0.0706 e. The van der Waals surface area contributed by atoms with Crippen molar-refractivity contribution in [2.45, 2.75) is 20.4 Å². The number of pyridine rings is 1. The predicted octanol–water partition coefficient (Wildman–Crippen LogP) is 4.46. The molecule has 2 heteroatoms. The van der Waals surface area contributed by atoms with Crippen molar-refractivity contribution < 1.29 is 0 Å². The van der Waals surface area contributed by atoms with Gasteiger partial charge in [-0.05, 0) is 37.1 Å². The number of nitrogens with zero attached hydrogens (tertiary/aromatic N) is 1. The second-order valence-electron chi connectivity index (χ2n) is 5.12. The van der Waals surface area contributed by atoms with Gasteiger partial charge in [0.15, 0.2) is 0 Å². The number of hydrogen-bond acceptors (Lipinski definition) is 2. The van der Waals surface area contributed by atoms with E-state index in [1.54, 1.807) is 0 Å². The highest BCUT2D eigenvalue weighted by molar-refractivity contribution is 5.78. The minimum atomic E-state index is 0.747. The predicted molar refractivity (Wildman–Crippen MR) is 85.0 cm³/mol. The number of benzene rings is 2. The quantitative estimate of drug-likeness (QED) is 0.753. The van der Waals surface area contributed by atoms with Crippen LogP contribution in [0.1, 0.15) is 16.8 Å². The van der Waals surface area contributed by atoms with Crippen molar-refractivity contribution in [3.63, 3.8) is 0 Å². The molecule has 0 amide bonds. The minimum Gasteiger partial charge on any atom is -0.379 e. The van der Waals surface area contributed by atoms with Gasteiger partial charge in [0, 0.05) is 11.1 Å². The number of rotatable bonds is 3. The first-order valence-corrected chi connectivity index (χ1v) is 6.89. The first-order chi connectivity index (χ1) is 9.74. The van der Waals surface area contributed by atoms with Gasteiger partial charge in [0.2, 0.25) is 0 Å². The highest BCUT2D eigenvalue weighted by Gasteiger charge is 2.02. The number of hydrogen-bond donors (Lipinski definition) is 1. The van der Waals surface area contributed by atoms with E-state index in [0.717, 1.165) is 17.8 Å².